The quantitative estimate of drug-likeness (QED) is 0.886. The molecule has 3 heteroatoms. The summed E-state index contributed by atoms with van der Waals surface area (Å²) in [5.74, 6) is 2.64. The number of hydrogen-bond donors (Lipinski definition) is 1. The Morgan fingerprint density at radius 1 is 1.11 bits per heavy atom. The van der Waals surface area contributed by atoms with Crippen molar-refractivity contribution in [2.75, 3.05) is 5.32 Å². The van der Waals surface area contributed by atoms with E-state index in [2.05, 4.69) is 49.0 Å². The van der Waals surface area contributed by atoms with E-state index < -0.39 is 0 Å². The molecule has 3 nitrogen and oxygen atoms in total. The molecule has 2 unspecified atom stereocenters. The molecular weight excluding hydrogens is 234 g/mol. The van der Waals surface area contributed by atoms with Crippen molar-refractivity contribution in [3.63, 3.8) is 0 Å². The molecular formula is C16H23N3. The van der Waals surface area contributed by atoms with Crippen LogP contribution in [0.4, 0.5) is 5.95 Å². The maximum Gasteiger partial charge on any atom is 0.203 e. The molecule has 1 N–H and O–H groups in total. The Labute approximate surface area is 115 Å². The fourth-order valence-electron chi connectivity index (χ4n) is 3.52. The molecule has 0 aliphatic heterocycles. The van der Waals surface area contributed by atoms with E-state index in [0.29, 0.717) is 6.04 Å². The van der Waals surface area contributed by atoms with Gasteiger partial charge in [0.2, 0.25) is 5.95 Å². The van der Waals surface area contributed by atoms with Gasteiger partial charge in [-0.1, -0.05) is 26.0 Å². The molecule has 0 amide bonds. The zero-order valence-corrected chi connectivity index (χ0v) is 12.1. The Morgan fingerprint density at radius 2 is 1.79 bits per heavy atom. The molecule has 1 aliphatic rings. The predicted octanol–water partition coefficient (Wildman–Crippen LogP) is 3.81. The number of imidazole rings is 1. The van der Waals surface area contributed by atoms with Crippen molar-refractivity contribution >= 4 is 17.0 Å². The molecule has 2 aromatic rings. The van der Waals surface area contributed by atoms with Gasteiger partial charge in [0, 0.05) is 13.1 Å². The Bertz CT molecular complexity index is 562. The SMILES string of the molecule is CC1CC(C)CC(Nc2nc3ccccc3n2C)C1. The van der Waals surface area contributed by atoms with Crippen LogP contribution in [0.5, 0.6) is 0 Å². The Morgan fingerprint density at radius 3 is 2.47 bits per heavy atom. The minimum Gasteiger partial charge on any atom is -0.353 e. The fraction of sp³-hybridized carbons (Fsp3) is 0.562. The van der Waals surface area contributed by atoms with Gasteiger partial charge in [0.1, 0.15) is 0 Å². The highest BCUT2D eigenvalue weighted by molar-refractivity contribution is 5.78. The summed E-state index contributed by atoms with van der Waals surface area (Å²) >= 11 is 0. The van der Waals surface area contributed by atoms with Crippen molar-refractivity contribution in [2.45, 2.75) is 39.2 Å². The van der Waals surface area contributed by atoms with Gasteiger partial charge in [0.15, 0.2) is 0 Å². The normalized spacial score (nSPS) is 27.6. The van der Waals surface area contributed by atoms with E-state index in [0.717, 1.165) is 23.3 Å². The summed E-state index contributed by atoms with van der Waals surface area (Å²) in [6, 6.07) is 8.88. The molecule has 3 rings (SSSR count). The number of anilines is 1. The number of rotatable bonds is 2. The molecule has 2 atom stereocenters. The molecule has 0 bridgehead atoms. The molecule has 1 heterocycles. The number of benzene rings is 1. The van der Waals surface area contributed by atoms with Crippen LogP contribution in [0.1, 0.15) is 33.1 Å². The van der Waals surface area contributed by atoms with Gasteiger partial charge in [-0.05, 0) is 43.2 Å². The van der Waals surface area contributed by atoms with Gasteiger partial charge >= 0.3 is 0 Å². The fourth-order valence-corrected chi connectivity index (χ4v) is 3.52. The predicted molar refractivity (Wildman–Crippen MR) is 80.3 cm³/mol. The largest absolute Gasteiger partial charge is 0.353 e. The number of fused-ring (bicyclic) bond motifs is 1. The molecule has 0 saturated heterocycles. The van der Waals surface area contributed by atoms with Crippen LogP contribution in [0.3, 0.4) is 0 Å². The van der Waals surface area contributed by atoms with E-state index in [9.17, 15) is 0 Å². The zero-order chi connectivity index (χ0) is 13.4. The number of nitrogens with one attached hydrogen (secondary N) is 1. The summed E-state index contributed by atoms with van der Waals surface area (Å²) in [5, 5.41) is 3.65. The van der Waals surface area contributed by atoms with Gasteiger partial charge in [-0.15, -0.1) is 0 Å². The Balaban J connectivity index is 1.83. The standard InChI is InChI=1S/C16H23N3/c1-11-8-12(2)10-13(9-11)17-16-18-14-6-4-5-7-15(14)19(16)3/h4-7,11-13H,8-10H2,1-3H3,(H,17,18). The van der Waals surface area contributed by atoms with Crippen LogP contribution < -0.4 is 5.32 Å². The Kier molecular flexibility index (Phi) is 3.21. The zero-order valence-electron chi connectivity index (χ0n) is 12.1. The molecule has 1 aromatic carbocycles. The average Bonchev–Trinajstić information content (AvgIpc) is 2.66. The van der Waals surface area contributed by atoms with E-state index in [-0.39, 0.29) is 0 Å². The third-order valence-electron chi connectivity index (χ3n) is 4.30. The second-order valence-electron chi connectivity index (χ2n) is 6.24. The lowest BCUT2D eigenvalue weighted by atomic mass is 9.80. The monoisotopic (exact) mass is 257 g/mol. The van der Waals surface area contributed by atoms with Crippen LogP contribution >= 0.6 is 0 Å². The summed E-state index contributed by atoms with van der Waals surface area (Å²) in [6.45, 7) is 4.72. The molecule has 102 valence electrons. The van der Waals surface area contributed by atoms with E-state index in [1.54, 1.807) is 0 Å². The highest BCUT2D eigenvalue weighted by Crippen LogP contribution is 2.30. The van der Waals surface area contributed by atoms with Crippen molar-refractivity contribution in [1.29, 1.82) is 0 Å². The summed E-state index contributed by atoms with van der Waals surface area (Å²) in [6.07, 6.45) is 3.88. The van der Waals surface area contributed by atoms with Crippen molar-refractivity contribution in [2.24, 2.45) is 18.9 Å². The first-order valence-electron chi connectivity index (χ1n) is 7.31. The first kappa shape index (κ1) is 12.5. The molecule has 0 spiro atoms. The van der Waals surface area contributed by atoms with Crippen molar-refractivity contribution in [1.82, 2.24) is 9.55 Å². The van der Waals surface area contributed by atoms with Crippen LogP contribution in [0.25, 0.3) is 11.0 Å². The topological polar surface area (TPSA) is 29.9 Å². The van der Waals surface area contributed by atoms with E-state index in [1.165, 1.54) is 24.8 Å². The number of aromatic nitrogens is 2. The van der Waals surface area contributed by atoms with Crippen LogP contribution in [0.2, 0.25) is 0 Å². The summed E-state index contributed by atoms with van der Waals surface area (Å²) < 4.78 is 2.17. The van der Waals surface area contributed by atoms with Crippen LogP contribution in [-0.4, -0.2) is 15.6 Å². The summed E-state index contributed by atoms with van der Waals surface area (Å²) in [5.41, 5.74) is 2.27. The molecule has 1 fully saturated rings. The number of nitrogens with zero attached hydrogens (tertiary/aromatic N) is 2. The number of aryl methyl sites for hydroxylation is 1. The highest BCUT2D eigenvalue weighted by Gasteiger charge is 2.24. The van der Waals surface area contributed by atoms with Crippen LogP contribution in [0, 0.1) is 11.8 Å². The van der Waals surface area contributed by atoms with Crippen molar-refractivity contribution in [3.8, 4) is 0 Å². The van der Waals surface area contributed by atoms with Crippen molar-refractivity contribution < 1.29 is 0 Å². The van der Waals surface area contributed by atoms with Crippen LogP contribution in [-0.2, 0) is 7.05 Å². The maximum absolute atomic E-state index is 4.71. The second kappa shape index (κ2) is 4.87. The first-order valence-corrected chi connectivity index (χ1v) is 7.31. The van der Waals surface area contributed by atoms with E-state index in [1.807, 2.05) is 6.07 Å². The molecule has 0 radical (unpaired) electrons. The number of hydrogen-bond acceptors (Lipinski definition) is 2. The average molecular weight is 257 g/mol. The molecule has 1 aliphatic carbocycles. The summed E-state index contributed by atoms with van der Waals surface area (Å²) in [4.78, 5) is 4.71. The maximum atomic E-state index is 4.71. The van der Waals surface area contributed by atoms with E-state index in [4.69, 9.17) is 4.98 Å². The Hall–Kier alpha value is -1.51. The van der Waals surface area contributed by atoms with Gasteiger partial charge < -0.3 is 9.88 Å². The smallest absolute Gasteiger partial charge is 0.203 e. The van der Waals surface area contributed by atoms with Gasteiger partial charge in [-0.2, -0.15) is 0 Å². The van der Waals surface area contributed by atoms with Gasteiger partial charge in [-0.25, -0.2) is 4.98 Å². The van der Waals surface area contributed by atoms with Crippen LogP contribution in [0.15, 0.2) is 24.3 Å². The molecule has 1 saturated carbocycles. The summed E-state index contributed by atoms with van der Waals surface area (Å²) in [7, 11) is 2.09. The first-order chi connectivity index (χ1) is 9.13. The highest BCUT2D eigenvalue weighted by atomic mass is 15.2. The van der Waals surface area contributed by atoms with Gasteiger partial charge in [0.05, 0.1) is 11.0 Å². The number of para-hydroxylation sites is 2. The lowest BCUT2D eigenvalue weighted by Crippen LogP contribution is -2.31. The van der Waals surface area contributed by atoms with Crippen molar-refractivity contribution in [3.05, 3.63) is 24.3 Å². The molecule has 1 aromatic heterocycles. The van der Waals surface area contributed by atoms with E-state index >= 15 is 0 Å². The van der Waals surface area contributed by atoms with Gasteiger partial charge in [0.25, 0.3) is 0 Å². The molecule has 19 heavy (non-hydrogen) atoms. The minimum atomic E-state index is 0.564. The van der Waals surface area contributed by atoms with Gasteiger partial charge in [-0.3, -0.25) is 0 Å². The minimum absolute atomic E-state index is 0.564. The lowest BCUT2D eigenvalue weighted by molar-refractivity contribution is 0.280. The third kappa shape index (κ3) is 2.46. The third-order valence-corrected chi connectivity index (χ3v) is 4.30. The second-order valence-corrected chi connectivity index (χ2v) is 6.24. The lowest BCUT2D eigenvalue weighted by Gasteiger charge is -2.32.